The fraction of sp³-hybridized carbons (Fsp3) is 0. The number of rotatable bonds is 2. The Morgan fingerprint density at radius 2 is 2.21 bits per heavy atom. The molecule has 2 rings (SSSR count). The van der Waals surface area contributed by atoms with Crippen LogP contribution in [0, 0.1) is 0 Å². The molecule has 0 spiro atoms. The van der Waals surface area contributed by atoms with Crippen LogP contribution in [0.5, 0.6) is 0 Å². The van der Waals surface area contributed by atoms with Crippen LogP contribution in [-0.4, -0.2) is 21.1 Å². The van der Waals surface area contributed by atoms with Crippen molar-refractivity contribution in [2.24, 2.45) is 5.10 Å². The fourth-order valence-corrected chi connectivity index (χ4v) is 1.15. The highest BCUT2D eigenvalue weighted by atomic mass is 35.5. The molecular formula is C9H7ClN4. The molecule has 70 valence electrons. The first kappa shape index (κ1) is 8.90. The van der Waals surface area contributed by atoms with Gasteiger partial charge in [-0.1, -0.05) is 29.8 Å². The second-order valence-corrected chi connectivity index (χ2v) is 2.99. The van der Waals surface area contributed by atoms with Gasteiger partial charge in [0, 0.05) is 10.6 Å². The van der Waals surface area contributed by atoms with Gasteiger partial charge in [-0.2, -0.15) is 5.10 Å². The molecule has 0 aliphatic heterocycles. The summed E-state index contributed by atoms with van der Waals surface area (Å²) in [5, 5.41) is 8.52. The third-order valence-corrected chi connectivity index (χ3v) is 1.97. The van der Waals surface area contributed by atoms with Crippen LogP contribution >= 0.6 is 11.6 Å². The van der Waals surface area contributed by atoms with Crippen molar-refractivity contribution in [1.82, 2.24) is 14.9 Å². The van der Waals surface area contributed by atoms with Crippen LogP contribution in [0.15, 0.2) is 42.0 Å². The van der Waals surface area contributed by atoms with E-state index in [1.807, 2.05) is 24.3 Å². The van der Waals surface area contributed by atoms with E-state index in [1.165, 1.54) is 17.4 Å². The highest BCUT2D eigenvalue weighted by molar-refractivity contribution is 6.33. The smallest absolute Gasteiger partial charge is 0.139 e. The summed E-state index contributed by atoms with van der Waals surface area (Å²) < 4.78 is 0. The Hall–Kier alpha value is -1.68. The third kappa shape index (κ3) is 1.97. The number of halogens is 1. The lowest BCUT2D eigenvalue weighted by atomic mass is 10.2. The largest absolute Gasteiger partial charge is 0.221 e. The molecule has 0 unspecified atom stereocenters. The normalized spacial score (nSPS) is 10.9. The lowest BCUT2D eigenvalue weighted by molar-refractivity contribution is 0.743. The van der Waals surface area contributed by atoms with Crippen LogP contribution in [0.1, 0.15) is 5.56 Å². The average Bonchev–Trinajstić information content (AvgIpc) is 2.69. The standard InChI is InChI=1S/C9H7ClN4/c10-9-4-2-1-3-8(9)5-12-14-7-11-6-13-14/h1-7H. The van der Waals surface area contributed by atoms with Gasteiger partial charge in [0.05, 0.1) is 6.21 Å². The number of hydrogen-bond acceptors (Lipinski definition) is 3. The summed E-state index contributed by atoms with van der Waals surface area (Å²) in [6.07, 6.45) is 4.56. The molecule has 14 heavy (non-hydrogen) atoms. The van der Waals surface area contributed by atoms with Crippen LogP contribution < -0.4 is 0 Å². The van der Waals surface area contributed by atoms with E-state index in [0.29, 0.717) is 5.02 Å². The van der Waals surface area contributed by atoms with Gasteiger partial charge in [0.1, 0.15) is 12.7 Å². The zero-order valence-corrected chi connectivity index (χ0v) is 7.96. The van der Waals surface area contributed by atoms with E-state index in [-0.39, 0.29) is 0 Å². The van der Waals surface area contributed by atoms with E-state index in [2.05, 4.69) is 15.2 Å². The molecule has 1 aromatic carbocycles. The molecule has 0 bridgehead atoms. The van der Waals surface area contributed by atoms with Crippen LogP contribution in [0.4, 0.5) is 0 Å². The lowest BCUT2D eigenvalue weighted by Gasteiger charge is -1.94. The number of benzene rings is 1. The summed E-state index contributed by atoms with van der Waals surface area (Å²) in [4.78, 5) is 5.13. The van der Waals surface area contributed by atoms with Gasteiger partial charge in [0.25, 0.3) is 0 Å². The summed E-state index contributed by atoms with van der Waals surface area (Å²) >= 11 is 5.93. The Labute approximate surface area is 85.8 Å². The summed E-state index contributed by atoms with van der Waals surface area (Å²) in [6.45, 7) is 0. The van der Waals surface area contributed by atoms with Gasteiger partial charge in [-0.15, -0.1) is 9.89 Å². The Balaban J connectivity index is 2.23. The molecule has 1 heterocycles. The minimum absolute atomic E-state index is 0.663. The summed E-state index contributed by atoms with van der Waals surface area (Å²) in [5.74, 6) is 0. The van der Waals surface area contributed by atoms with E-state index in [4.69, 9.17) is 11.6 Å². The van der Waals surface area contributed by atoms with Crippen molar-refractivity contribution >= 4 is 17.8 Å². The molecule has 0 saturated carbocycles. The first-order chi connectivity index (χ1) is 6.86. The van der Waals surface area contributed by atoms with Crippen molar-refractivity contribution in [2.75, 3.05) is 0 Å². The van der Waals surface area contributed by atoms with Crippen LogP contribution in [-0.2, 0) is 0 Å². The van der Waals surface area contributed by atoms with E-state index in [1.54, 1.807) is 6.21 Å². The van der Waals surface area contributed by atoms with Gasteiger partial charge in [-0.3, -0.25) is 0 Å². The van der Waals surface area contributed by atoms with Gasteiger partial charge in [0.2, 0.25) is 0 Å². The fourth-order valence-electron chi connectivity index (χ4n) is 0.963. The predicted octanol–water partition coefficient (Wildman–Crippen LogP) is 1.81. The molecule has 5 heteroatoms. The van der Waals surface area contributed by atoms with Crippen molar-refractivity contribution in [3.05, 3.63) is 47.5 Å². The second kappa shape index (κ2) is 4.02. The van der Waals surface area contributed by atoms with Crippen molar-refractivity contribution in [2.45, 2.75) is 0 Å². The highest BCUT2D eigenvalue weighted by Gasteiger charge is 1.93. The molecule has 4 nitrogen and oxygen atoms in total. The molecule has 0 amide bonds. The molecule has 0 aliphatic rings. The van der Waals surface area contributed by atoms with Gasteiger partial charge in [0.15, 0.2) is 0 Å². The van der Waals surface area contributed by atoms with E-state index < -0.39 is 0 Å². The first-order valence-corrected chi connectivity index (χ1v) is 4.37. The van der Waals surface area contributed by atoms with Gasteiger partial charge in [-0.05, 0) is 6.07 Å². The third-order valence-electron chi connectivity index (χ3n) is 1.63. The number of hydrogen-bond donors (Lipinski definition) is 0. The molecule has 1 aromatic heterocycles. The molecular weight excluding hydrogens is 200 g/mol. The van der Waals surface area contributed by atoms with E-state index in [0.717, 1.165) is 5.56 Å². The number of aromatic nitrogens is 3. The Bertz CT molecular complexity index is 436. The maximum absolute atomic E-state index is 5.93. The Morgan fingerprint density at radius 1 is 1.36 bits per heavy atom. The molecule has 0 saturated heterocycles. The summed E-state index contributed by atoms with van der Waals surface area (Å²) in [7, 11) is 0. The molecule has 0 fully saturated rings. The maximum atomic E-state index is 5.93. The minimum Gasteiger partial charge on any atom is -0.221 e. The average molecular weight is 207 g/mol. The summed E-state index contributed by atoms with van der Waals surface area (Å²) in [6, 6.07) is 7.46. The van der Waals surface area contributed by atoms with E-state index in [9.17, 15) is 0 Å². The molecule has 0 radical (unpaired) electrons. The maximum Gasteiger partial charge on any atom is 0.139 e. The second-order valence-electron chi connectivity index (χ2n) is 2.58. The summed E-state index contributed by atoms with van der Waals surface area (Å²) in [5.41, 5.74) is 0.852. The zero-order valence-electron chi connectivity index (χ0n) is 7.21. The SMILES string of the molecule is Clc1ccccc1C=Nn1cncn1. The Kier molecular flexibility index (Phi) is 2.55. The lowest BCUT2D eigenvalue weighted by Crippen LogP contribution is -1.90. The van der Waals surface area contributed by atoms with E-state index >= 15 is 0 Å². The highest BCUT2D eigenvalue weighted by Crippen LogP contribution is 2.12. The Morgan fingerprint density at radius 3 is 2.93 bits per heavy atom. The van der Waals surface area contributed by atoms with Gasteiger partial charge >= 0.3 is 0 Å². The minimum atomic E-state index is 0.663. The van der Waals surface area contributed by atoms with Crippen LogP contribution in [0.2, 0.25) is 5.02 Å². The monoisotopic (exact) mass is 206 g/mol. The zero-order chi connectivity index (χ0) is 9.80. The topological polar surface area (TPSA) is 43.1 Å². The number of nitrogens with zero attached hydrogens (tertiary/aromatic N) is 4. The molecule has 2 aromatic rings. The van der Waals surface area contributed by atoms with Gasteiger partial charge in [-0.25, -0.2) is 4.98 Å². The van der Waals surface area contributed by atoms with Crippen molar-refractivity contribution in [1.29, 1.82) is 0 Å². The molecule has 0 atom stereocenters. The molecule has 0 N–H and O–H groups in total. The first-order valence-electron chi connectivity index (χ1n) is 4.00. The molecule has 0 aliphatic carbocycles. The van der Waals surface area contributed by atoms with Crippen molar-refractivity contribution in [3.63, 3.8) is 0 Å². The predicted molar refractivity (Wildman–Crippen MR) is 54.5 cm³/mol. The van der Waals surface area contributed by atoms with Crippen LogP contribution in [0.25, 0.3) is 0 Å². The van der Waals surface area contributed by atoms with Gasteiger partial charge < -0.3 is 0 Å². The van der Waals surface area contributed by atoms with Crippen LogP contribution in [0.3, 0.4) is 0 Å². The van der Waals surface area contributed by atoms with Crippen molar-refractivity contribution in [3.8, 4) is 0 Å². The van der Waals surface area contributed by atoms with Crippen molar-refractivity contribution < 1.29 is 0 Å². The quantitative estimate of drug-likeness (QED) is 0.704.